The number of likely N-dealkylation sites (tertiary alicyclic amines) is 1. The van der Waals surface area contributed by atoms with Gasteiger partial charge < -0.3 is 14.4 Å². The fourth-order valence-corrected chi connectivity index (χ4v) is 3.36. The van der Waals surface area contributed by atoms with Crippen LogP contribution in [-0.4, -0.2) is 30.5 Å². The van der Waals surface area contributed by atoms with Crippen LogP contribution in [-0.2, 0) is 11.4 Å². The van der Waals surface area contributed by atoms with E-state index >= 15 is 0 Å². The molecule has 1 aliphatic heterocycles. The van der Waals surface area contributed by atoms with Crippen molar-refractivity contribution in [3.05, 3.63) is 64.2 Å². The zero-order valence-electron chi connectivity index (χ0n) is 16.4. The number of hydrogen-bond donors (Lipinski definition) is 0. The van der Waals surface area contributed by atoms with E-state index in [4.69, 9.17) is 21.1 Å². The first kappa shape index (κ1) is 20.8. The maximum Gasteiger partial charge on any atom is 0.264 e. The Morgan fingerprint density at radius 2 is 1.93 bits per heavy atom. The minimum atomic E-state index is -0.220. The number of halogens is 1. The highest BCUT2D eigenvalue weighted by molar-refractivity contribution is 6.31. The number of hydrogen-bond acceptors (Lipinski definition) is 4. The zero-order valence-corrected chi connectivity index (χ0v) is 17.1. The number of benzene rings is 2. The van der Waals surface area contributed by atoms with Gasteiger partial charge in [-0.1, -0.05) is 35.9 Å². The lowest BCUT2D eigenvalue weighted by molar-refractivity contribution is -0.125. The highest BCUT2D eigenvalue weighted by atomic mass is 35.5. The summed E-state index contributed by atoms with van der Waals surface area (Å²) in [5.74, 6) is 0.912. The Hall–Kier alpha value is -2.97. The van der Waals surface area contributed by atoms with E-state index in [0.717, 1.165) is 18.4 Å². The van der Waals surface area contributed by atoms with Gasteiger partial charge >= 0.3 is 0 Å². The van der Waals surface area contributed by atoms with Gasteiger partial charge in [0.1, 0.15) is 18.2 Å². The maximum atomic E-state index is 12.5. The largest absolute Gasteiger partial charge is 0.490 e. The minimum absolute atomic E-state index is 0.124. The van der Waals surface area contributed by atoms with Gasteiger partial charge in [0.25, 0.3) is 5.91 Å². The summed E-state index contributed by atoms with van der Waals surface area (Å²) in [7, 11) is 0. The lowest BCUT2D eigenvalue weighted by Gasteiger charge is -2.15. The summed E-state index contributed by atoms with van der Waals surface area (Å²) in [6.45, 7) is 4.07. The van der Waals surface area contributed by atoms with Gasteiger partial charge in [0.2, 0.25) is 0 Å². The van der Waals surface area contributed by atoms with Crippen molar-refractivity contribution in [1.82, 2.24) is 4.90 Å². The third-order valence-electron chi connectivity index (χ3n) is 4.66. The molecule has 2 aromatic carbocycles. The average Bonchev–Trinajstić information content (AvgIpc) is 3.27. The molecule has 0 N–H and O–H groups in total. The van der Waals surface area contributed by atoms with Crippen molar-refractivity contribution in [2.24, 2.45) is 0 Å². The van der Waals surface area contributed by atoms with E-state index in [9.17, 15) is 10.1 Å². The second kappa shape index (κ2) is 9.99. The molecule has 0 bridgehead atoms. The molecular weight excluding hydrogens is 388 g/mol. The smallest absolute Gasteiger partial charge is 0.264 e. The summed E-state index contributed by atoms with van der Waals surface area (Å²) in [5, 5.41) is 10.1. The summed E-state index contributed by atoms with van der Waals surface area (Å²) in [6.07, 6.45) is 3.56. The van der Waals surface area contributed by atoms with Crippen LogP contribution in [0.15, 0.2) is 48.0 Å². The van der Waals surface area contributed by atoms with E-state index in [-0.39, 0.29) is 11.5 Å². The molecule has 6 heteroatoms. The molecule has 0 aliphatic carbocycles. The second-order valence-corrected chi connectivity index (χ2v) is 7.10. The van der Waals surface area contributed by atoms with Crippen LogP contribution < -0.4 is 9.47 Å². The number of nitriles is 1. The molecule has 0 saturated carbocycles. The van der Waals surface area contributed by atoms with Crippen molar-refractivity contribution >= 4 is 23.6 Å². The number of amides is 1. The number of carbonyl (C=O) groups excluding carboxylic acids is 1. The van der Waals surface area contributed by atoms with E-state index in [1.807, 2.05) is 37.3 Å². The highest BCUT2D eigenvalue weighted by Gasteiger charge is 2.21. The molecule has 3 rings (SSSR count). The van der Waals surface area contributed by atoms with Crippen LogP contribution in [0, 0.1) is 11.3 Å². The molecule has 1 fully saturated rings. The Morgan fingerprint density at radius 1 is 1.17 bits per heavy atom. The van der Waals surface area contributed by atoms with Crippen LogP contribution in [0.2, 0.25) is 5.02 Å². The molecular formula is C23H23ClN2O3. The van der Waals surface area contributed by atoms with Crippen molar-refractivity contribution in [2.45, 2.75) is 26.4 Å². The quantitative estimate of drug-likeness (QED) is 0.483. The highest BCUT2D eigenvalue weighted by Crippen LogP contribution is 2.31. The Kier molecular flexibility index (Phi) is 7.15. The first-order chi connectivity index (χ1) is 14.1. The molecule has 2 aromatic rings. The first-order valence-corrected chi connectivity index (χ1v) is 10.0. The second-order valence-electron chi connectivity index (χ2n) is 6.69. The van der Waals surface area contributed by atoms with Gasteiger partial charge in [0.05, 0.1) is 6.61 Å². The van der Waals surface area contributed by atoms with Crippen LogP contribution in [0.3, 0.4) is 0 Å². The molecule has 0 unspecified atom stereocenters. The van der Waals surface area contributed by atoms with Gasteiger partial charge in [0, 0.05) is 23.7 Å². The predicted molar refractivity (Wildman–Crippen MR) is 113 cm³/mol. The van der Waals surface area contributed by atoms with Crippen molar-refractivity contribution in [3.63, 3.8) is 0 Å². The van der Waals surface area contributed by atoms with Crippen LogP contribution in [0.5, 0.6) is 11.5 Å². The molecule has 1 heterocycles. The molecule has 1 aliphatic rings. The van der Waals surface area contributed by atoms with Crippen LogP contribution in [0.4, 0.5) is 0 Å². The normalized spacial score (nSPS) is 13.8. The summed E-state index contributed by atoms with van der Waals surface area (Å²) < 4.78 is 11.6. The van der Waals surface area contributed by atoms with Crippen LogP contribution >= 0.6 is 11.6 Å². The summed E-state index contributed by atoms with van der Waals surface area (Å²) >= 11 is 6.19. The minimum Gasteiger partial charge on any atom is -0.490 e. The van der Waals surface area contributed by atoms with E-state index < -0.39 is 0 Å². The third kappa shape index (κ3) is 5.30. The SMILES string of the molecule is CCOc1cc(/C=C(\C#N)C(=O)N2CCCC2)ccc1OCc1ccccc1Cl. The summed E-state index contributed by atoms with van der Waals surface area (Å²) in [5.41, 5.74) is 1.71. The number of carbonyl (C=O) groups is 1. The van der Waals surface area contributed by atoms with Gasteiger partial charge in [-0.25, -0.2) is 0 Å². The van der Waals surface area contributed by atoms with E-state index in [1.165, 1.54) is 0 Å². The van der Waals surface area contributed by atoms with Crippen molar-refractivity contribution < 1.29 is 14.3 Å². The van der Waals surface area contributed by atoms with Crippen LogP contribution in [0.1, 0.15) is 30.9 Å². The molecule has 0 spiro atoms. The summed E-state index contributed by atoms with van der Waals surface area (Å²) in [6, 6.07) is 14.9. The van der Waals surface area contributed by atoms with Gasteiger partial charge in [-0.3, -0.25) is 4.79 Å². The first-order valence-electron chi connectivity index (χ1n) is 9.66. The van der Waals surface area contributed by atoms with Gasteiger partial charge in [-0.15, -0.1) is 0 Å². The number of nitrogens with zero attached hydrogens (tertiary/aromatic N) is 2. The lowest BCUT2D eigenvalue weighted by atomic mass is 10.1. The molecule has 0 radical (unpaired) electrons. The molecule has 1 amide bonds. The Labute approximate surface area is 176 Å². The van der Waals surface area contributed by atoms with Crippen LogP contribution in [0.25, 0.3) is 6.08 Å². The lowest BCUT2D eigenvalue weighted by Crippen LogP contribution is -2.28. The molecule has 0 atom stereocenters. The molecule has 150 valence electrons. The standard InChI is InChI=1S/C23H23ClN2O3/c1-2-28-22-14-17(13-19(15-25)23(27)26-11-5-6-12-26)9-10-21(22)29-16-18-7-3-4-8-20(18)24/h3-4,7-10,13-14H,2,5-6,11-12,16H2,1H3/b19-13+. The molecule has 0 aromatic heterocycles. The Bertz CT molecular complexity index is 943. The van der Waals surface area contributed by atoms with E-state index in [2.05, 4.69) is 0 Å². The fraction of sp³-hybridized carbons (Fsp3) is 0.304. The average molecular weight is 411 g/mol. The zero-order chi connectivity index (χ0) is 20.6. The summed E-state index contributed by atoms with van der Waals surface area (Å²) in [4.78, 5) is 14.2. The molecule has 5 nitrogen and oxygen atoms in total. The Morgan fingerprint density at radius 3 is 2.62 bits per heavy atom. The van der Waals surface area contributed by atoms with Crippen molar-refractivity contribution in [1.29, 1.82) is 5.26 Å². The number of rotatable bonds is 7. The topological polar surface area (TPSA) is 62.6 Å². The monoisotopic (exact) mass is 410 g/mol. The predicted octanol–water partition coefficient (Wildman–Crippen LogP) is 4.85. The van der Waals surface area contributed by atoms with Crippen molar-refractivity contribution in [2.75, 3.05) is 19.7 Å². The molecule has 1 saturated heterocycles. The van der Waals surface area contributed by atoms with E-state index in [0.29, 0.717) is 48.4 Å². The fourth-order valence-electron chi connectivity index (χ4n) is 3.17. The van der Waals surface area contributed by atoms with Gasteiger partial charge in [-0.05, 0) is 49.6 Å². The van der Waals surface area contributed by atoms with E-state index in [1.54, 1.807) is 29.2 Å². The maximum absolute atomic E-state index is 12.5. The van der Waals surface area contributed by atoms with Gasteiger partial charge in [-0.2, -0.15) is 5.26 Å². The Balaban J connectivity index is 1.80. The van der Waals surface area contributed by atoms with Gasteiger partial charge in [0.15, 0.2) is 11.5 Å². The number of ether oxygens (including phenoxy) is 2. The van der Waals surface area contributed by atoms with Crippen molar-refractivity contribution in [3.8, 4) is 17.6 Å². The third-order valence-corrected chi connectivity index (χ3v) is 5.03. The molecule has 29 heavy (non-hydrogen) atoms.